The van der Waals surface area contributed by atoms with E-state index in [1.807, 2.05) is 47.4 Å². The van der Waals surface area contributed by atoms with E-state index in [9.17, 15) is 4.79 Å². The number of amides is 1. The van der Waals surface area contributed by atoms with Gasteiger partial charge in [0.05, 0.1) is 25.7 Å². The number of carbonyl (C=O) groups excluding carboxylic acids is 1. The van der Waals surface area contributed by atoms with Gasteiger partial charge in [-0.25, -0.2) is 0 Å². The van der Waals surface area contributed by atoms with Crippen molar-refractivity contribution in [2.75, 3.05) is 27.4 Å². The van der Waals surface area contributed by atoms with Gasteiger partial charge >= 0.3 is 0 Å². The van der Waals surface area contributed by atoms with Crippen LogP contribution in [0, 0.1) is 0 Å². The molecule has 5 rings (SSSR count). The fourth-order valence-electron chi connectivity index (χ4n) is 6.01. The number of ether oxygens (including phenoxy) is 3. The lowest BCUT2D eigenvalue weighted by Gasteiger charge is -2.46. The Morgan fingerprint density at radius 3 is 2.14 bits per heavy atom. The Morgan fingerprint density at radius 2 is 1.58 bits per heavy atom. The summed E-state index contributed by atoms with van der Waals surface area (Å²) in [4.78, 5) is 15.0. The number of benzene rings is 3. The van der Waals surface area contributed by atoms with Crippen molar-refractivity contribution >= 4 is 11.5 Å². The van der Waals surface area contributed by atoms with E-state index < -0.39 is 5.41 Å². The van der Waals surface area contributed by atoms with Gasteiger partial charge in [-0.2, -0.15) is 0 Å². The van der Waals surface area contributed by atoms with Crippen LogP contribution < -0.4 is 9.47 Å². The van der Waals surface area contributed by atoms with E-state index in [0.29, 0.717) is 6.54 Å². The van der Waals surface area contributed by atoms with Gasteiger partial charge in [0, 0.05) is 6.54 Å². The second-order valence-corrected chi connectivity index (χ2v) is 9.21. The number of nitrogens with zero attached hydrogens (tertiary/aromatic N) is 1. The largest absolute Gasteiger partial charge is 0.497 e. The van der Waals surface area contributed by atoms with E-state index in [2.05, 4.69) is 49.9 Å². The van der Waals surface area contributed by atoms with Crippen LogP contribution in [0.3, 0.4) is 0 Å². The number of methoxy groups -OCH3 is 2. The Morgan fingerprint density at radius 1 is 0.972 bits per heavy atom. The molecule has 184 valence electrons. The van der Waals surface area contributed by atoms with E-state index in [4.69, 9.17) is 14.2 Å². The minimum absolute atomic E-state index is 0.0139. The molecule has 1 fully saturated rings. The van der Waals surface area contributed by atoms with Crippen LogP contribution in [0.25, 0.3) is 5.57 Å². The zero-order valence-electron chi connectivity index (χ0n) is 20.9. The maximum atomic E-state index is 13.1. The van der Waals surface area contributed by atoms with E-state index in [0.717, 1.165) is 39.3 Å². The summed E-state index contributed by atoms with van der Waals surface area (Å²) in [5.74, 6) is 1.49. The highest BCUT2D eigenvalue weighted by Gasteiger charge is 2.59. The number of rotatable bonds is 7. The van der Waals surface area contributed by atoms with Crippen molar-refractivity contribution in [2.24, 2.45) is 0 Å². The monoisotopic (exact) mass is 481 g/mol. The van der Waals surface area contributed by atoms with Crippen LogP contribution in [0.15, 0.2) is 97.1 Å². The first-order valence-electron chi connectivity index (χ1n) is 12.1. The van der Waals surface area contributed by atoms with Gasteiger partial charge in [-0.3, -0.25) is 4.79 Å². The van der Waals surface area contributed by atoms with Gasteiger partial charge in [0.25, 0.3) is 0 Å². The van der Waals surface area contributed by atoms with Crippen LogP contribution >= 0.6 is 0 Å². The molecule has 1 heterocycles. The Hall–Kier alpha value is -3.83. The van der Waals surface area contributed by atoms with Gasteiger partial charge in [-0.05, 0) is 59.0 Å². The smallest absolute Gasteiger partial charge is 0.249 e. The molecule has 0 spiro atoms. The highest BCUT2D eigenvalue weighted by atomic mass is 16.5. The zero-order valence-corrected chi connectivity index (χ0v) is 20.9. The molecule has 1 aliphatic carbocycles. The van der Waals surface area contributed by atoms with Gasteiger partial charge < -0.3 is 19.1 Å². The molecule has 2 unspecified atom stereocenters. The van der Waals surface area contributed by atoms with Crippen molar-refractivity contribution in [3.8, 4) is 11.5 Å². The summed E-state index contributed by atoms with van der Waals surface area (Å²) in [5, 5.41) is 0. The predicted octanol–water partition coefficient (Wildman–Crippen LogP) is 5.26. The van der Waals surface area contributed by atoms with Crippen LogP contribution in [0.2, 0.25) is 0 Å². The molecule has 1 amide bonds. The molecule has 0 saturated carbocycles. The van der Waals surface area contributed by atoms with E-state index in [1.54, 1.807) is 20.3 Å². The summed E-state index contributed by atoms with van der Waals surface area (Å²) in [6.07, 6.45) is 1.43. The predicted molar refractivity (Wildman–Crippen MR) is 141 cm³/mol. The normalized spacial score (nSPS) is 20.8. The van der Waals surface area contributed by atoms with Crippen molar-refractivity contribution in [3.63, 3.8) is 0 Å². The lowest BCUT2D eigenvalue weighted by molar-refractivity contribution is -0.154. The van der Waals surface area contributed by atoms with Crippen LogP contribution in [0.5, 0.6) is 11.5 Å². The number of morpholine rings is 1. The molecule has 0 N–H and O–H groups in total. The number of hydrogen-bond acceptors (Lipinski definition) is 4. The van der Waals surface area contributed by atoms with Crippen molar-refractivity contribution in [2.45, 2.75) is 24.5 Å². The standard InChI is InChI=1S/C31H31NO4/c1-5-17-32-27(33)20-36-30-29(32)21(2)28(22-11-7-6-8-12-22)31(30,23-13-9-15-25(18-23)34-3)24-14-10-16-26(19-24)35-4/h5-16,18-19,29-30H,1,17,20H2,2-4H3. The fourth-order valence-corrected chi connectivity index (χ4v) is 6.01. The van der Waals surface area contributed by atoms with Gasteiger partial charge in [-0.1, -0.05) is 60.7 Å². The minimum Gasteiger partial charge on any atom is -0.497 e. The van der Waals surface area contributed by atoms with Crippen molar-refractivity contribution in [1.82, 2.24) is 4.90 Å². The SMILES string of the molecule is C=CCN1C(=O)COC2C1C(C)=C(c1ccccc1)C2(c1cccc(OC)c1)c1cccc(OC)c1. The number of fused-ring (bicyclic) bond motifs is 1. The second-order valence-electron chi connectivity index (χ2n) is 9.21. The lowest BCUT2D eigenvalue weighted by atomic mass is 9.65. The van der Waals surface area contributed by atoms with Gasteiger partial charge in [0.1, 0.15) is 24.2 Å². The van der Waals surface area contributed by atoms with Crippen molar-refractivity contribution in [1.29, 1.82) is 0 Å². The molecule has 5 heteroatoms. The summed E-state index contributed by atoms with van der Waals surface area (Å²) in [7, 11) is 3.35. The van der Waals surface area contributed by atoms with Crippen LogP contribution in [0.1, 0.15) is 23.6 Å². The van der Waals surface area contributed by atoms with E-state index >= 15 is 0 Å². The second kappa shape index (κ2) is 9.67. The maximum Gasteiger partial charge on any atom is 0.249 e. The van der Waals surface area contributed by atoms with Gasteiger partial charge in [-0.15, -0.1) is 6.58 Å². The Balaban J connectivity index is 1.89. The molecule has 36 heavy (non-hydrogen) atoms. The Labute approximate surface area is 212 Å². The van der Waals surface area contributed by atoms with Crippen molar-refractivity contribution < 1.29 is 19.0 Å². The van der Waals surface area contributed by atoms with E-state index in [-0.39, 0.29) is 24.7 Å². The molecule has 5 nitrogen and oxygen atoms in total. The molecule has 3 aromatic rings. The van der Waals surface area contributed by atoms with Crippen LogP contribution in [-0.2, 0) is 14.9 Å². The Kier molecular flexibility index (Phi) is 6.42. The third kappa shape index (κ3) is 3.62. The van der Waals surface area contributed by atoms with Gasteiger partial charge in [0.15, 0.2) is 0 Å². The van der Waals surface area contributed by atoms with Crippen LogP contribution in [-0.4, -0.2) is 50.3 Å². The first-order valence-corrected chi connectivity index (χ1v) is 12.1. The van der Waals surface area contributed by atoms with E-state index in [1.165, 1.54) is 0 Å². The molecular formula is C31H31NO4. The molecule has 1 aliphatic heterocycles. The molecule has 0 aromatic heterocycles. The first kappa shape index (κ1) is 23.9. The summed E-state index contributed by atoms with van der Waals surface area (Å²) in [6, 6.07) is 26.4. The molecular weight excluding hydrogens is 450 g/mol. The third-order valence-electron chi connectivity index (χ3n) is 7.43. The summed E-state index contributed by atoms with van der Waals surface area (Å²) >= 11 is 0. The topological polar surface area (TPSA) is 48.0 Å². The highest BCUT2D eigenvalue weighted by Crippen LogP contribution is 2.58. The molecule has 1 saturated heterocycles. The number of hydrogen-bond donors (Lipinski definition) is 0. The number of carbonyl (C=O) groups is 1. The molecule has 0 radical (unpaired) electrons. The quantitative estimate of drug-likeness (QED) is 0.432. The molecule has 0 bridgehead atoms. The van der Waals surface area contributed by atoms with Gasteiger partial charge in [0.2, 0.25) is 5.91 Å². The van der Waals surface area contributed by atoms with Crippen molar-refractivity contribution in [3.05, 3.63) is 114 Å². The average molecular weight is 482 g/mol. The third-order valence-corrected chi connectivity index (χ3v) is 7.43. The fraction of sp³-hybridized carbons (Fsp3) is 0.258. The molecule has 2 aliphatic rings. The maximum absolute atomic E-state index is 13.1. The lowest BCUT2D eigenvalue weighted by Crippen LogP contribution is -2.58. The first-order chi connectivity index (χ1) is 17.6. The molecule has 2 atom stereocenters. The molecule has 3 aromatic carbocycles. The minimum atomic E-state index is -0.723. The summed E-state index contributed by atoms with van der Waals surface area (Å²) in [5.41, 5.74) is 4.67. The Bertz CT molecular complexity index is 1270. The van der Waals surface area contributed by atoms with Crippen LogP contribution in [0.4, 0.5) is 0 Å². The highest BCUT2D eigenvalue weighted by molar-refractivity contribution is 5.89. The summed E-state index contributed by atoms with van der Waals surface area (Å²) in [6.45, 7) is 6.51. The zero-order chi connectivity index (χ0) is 25.3. The average Bonchev–Trinajstić information content (AvgIpc) is 3.20. The summed E-state index contributed by atoms with van der Waals surface area (Å²) < 4.78 is 17.9.